The van der Waals surface area contributed by atoms with E-state index in [1.54, 1.807) is 22.3 Å². The standard InChI is InChI=1S/C12H18N4O3/c1-15-9(13)7-8-10(15)11(19-2)12(14-3-5-17)16(8)4-6-18/h6-7,14,17H,3-5,13H2,1-2H3. The van der Waals surface area contributed by atoms with Crippen molar-refractivity contribution in [3.05, 3.63) is 6.07 Å². The van der Waals surface area contributed by atoms with Gasteiger partial charge in [-0.05, 0) is 0 Å². The maximum atomic E-state index is 10.9. The largest absolute Gasteiger partial charge is 0.491 e. The van der Waals surface area contributed by atoms with Crippen LogP contribution in [0, 0.1) is 0 Å². The number of hydrogen-bond donors (Lipinski definition) is 3. The summed E-state index contributed by atoms with van der Waals surface area (Å²) in [7, 11) is 3.40. The number of nitrogen functional groups attached to an aromatic ring is 1. The van der Waals surface area contributed by atoms with Crippen molar-refractivity contribution in [2.24, 2.45) is 7.05 Å². The third-order valence-electron chi connectivity index (χ3n) is 3.11. The van der Waals surface area contributed by atoms with Gasteiger partial charge in [0.15, 0.2) is 11.6 Å². The molecule has 19 heavy (non-hydrogen) atoms. The van der Waals surface area contributed by atoms with Gasteiger partial charge >= 0.3 is 0 Å². The minimum absolute atomic E-state index is 0.00604. The van der Waals surface area contributed by atoms with Gasteiger partial charge in [-0.2, -0.15) is 0 Å². The number of fused-ring (bicyclic) bond motifs is 1. The highest BCUT2D eigenvalue weighted by atomic mass is 16.5. The molecule has 0 radical (unpaired) electrons. The fourth-order valence-corrected chi connectivity index (χ4v) is 2.24. The zero-order valence-electron chi connectivity index (χ0n) is 11.0. The molecule has 2 aromatic heterocycles. The highest BCUT2D eigenvalue weighted by Crippen LogP contribution is 2.39. The molecule has 0 saturated heterocycles. The SMILES string of the molecule is COc1c(NCCO)n(CC=O)c2cc(N)n(C)c12. The van der Waals surface area contributed by atoms with E-state index in [1.165, 1.54) is 0 Å². The minimum Gasteiger partial charge on any atom is -0.491 e. The van der Waals surface area contributed by atoms with Crippen LogP contribution >= 0.6 is 0 Å². The Kier molecular flexibility index (Phi) is 3.66. The van der Waals surface area contributed by atoms with Crippen molar-refractivity contribution in [1.29, 1.82) is 0 Å². The van der Waals surface area contributed by atoms with Crippen LogP contribution in [0.4, 0.5) is 11.6 Å². The number of nitrogens with one attached hydrogen (secondary N) is 1. The van der Waals surface area contributed by atoms with Crippen LogP contribution in [0.3, 0.4) is 0 Å². The molecule has 4 N–H and O–H groups in total. The van der Waals surface area contributed by atoms with Crippen molar-refractivity contribution in [3.8, 4) is 5.75 Å². The molecule has 0 aliphatic heterocycles. The molecule has 0 fully saturated rings. The molecule has 2 aromatic rings. The summed E-state index contributed by atoms with van der Waals surface area (Å²) in [5.41, 5.74) is 7.53. The van der Waals surface area contributed by atoms with E-state index in [0.29, 0.717) is 23.9 Å². The number of aldehydes is 1. The van der Waals surface area contributed by atoms with Crippen LogP contribution in [0.2, 0.25) is 0 Å². The van der Waals surface area contributed by atoms with Gasteiger partial charge in [0, 0.05) is 19.7 Å². The molecule has 0 aliphatic carbocycles. The molecule has 2 rings (SSSR count). The summed E-state index contributed by atoms with van der Waals surface area (Å²) in [5.74, 6) is 1.88. The van der Waals surface area contributed by atoms with Crippen molar-refractivity contribution < 1.29 is 14.6 Å². The van der Waals surface area contributed by atoms with Crippen molar-refractivity contribution in [2.75, 3.05) is 31.3 Å². The number of hydrogen-bond acceptors (Lipinski definition) is 5. The smallest absolute Gasteiger partial charge is 0.185 e. The fraction of sp³-hybridized carbons (Fsp3) is 0.417. The molecule has 0 unspecified atom stereocenters. The number of rotatable bonds is 6. The molecular weight excluding hydrogens is 248 g/mol. The van der Waals surface area contributed by atoms with Crippen molar-refractivity contribution in [3.63, 3.8) is 0 Å². The molecule has 0 atom stereocenters. The zero-order chi connectivity index (χ0) is 14.0. The number of aliphatic hydroxyl groups is 1. The summed E-state index contributed by atoms with van der Waals surface area (Å²) in [4.78, 5) is 10.9. The van der Waals surface area contributed by atoms with Crippen LogP contribution < -0.4 is 15.8 Å². The zero-order valence-corrected chi connectivity index (χ0v) is 11.0. The van der Waals surface area contributed by atoms with Crippen molar-refractivity contribution in [2.45, 2.75) is 6.54 Å². The summed E-state index contributed by atoms with van der Waals surface area (Å²) < 4.78 is 9.01. The Labute approximate surface area is 110 Å². The van der Waals surface area contributed by atoms with Crippen LogP contribution in [0.5, 0.6) is 5.75 Å². The Bertz CT molecular complexity index is 600. The van der Waals surface area contributed by atoms with E-state index in [-0.39, 0.29) is 13.2 Å². The van der Waals surface area contributed by atoms with E-state index in [2.05, 4.69) is 5.32 Å². The van der Waals surface area contributed by atoms with E-state index < -0.39 is 0 Å². The summed E-state index contributed by atoms with van der Waals surface area (Å²) in [5, 5.41) is 12.0. The van der Waals surface area contributed by atoms with E-state index in [4.69, 9.17) is 15.6 Å². The summed E-state index contributed by atoms with van der Waals surface area (Å²) >= 11 is 0. The Morgan fingerprint density at radius 2 is 2.32 bits per heavy atom. The topological polar surface area (TPSA) is 94.4 Å². The van der Waals surface area contributed by atoms with Gasteiger partial charge in [0.05, 0.1) is 25.8 Å². The van der Waals surface area contributed by atoms with Crippen LogP contribution in [-0.4, -0.2) is 40.8 Å². The molecule has 0 bridgehead atoms. The van der Waals surface area contributed by atoms with Gasteiger partial charge in [-0.3, -0.25) is 0 Å². The summed E-state index contributed by atoms with van der Waals surface area (Å²) in [6, 6.07) is 1.80. The van der Waals surface area contributed by atoms with Crippen LogP contribution in [0.1, 0.15) is 0 Å². The molecular formula is C12H18N4O3. The van der Waals surface area contributed by atoms with Gasteiger partial charge in [-0.25, -0.2) is 0 Å². The first-order valence-electron chi connectivity index (χ1n) is 5.95. The molecule has 2 heterocycles. The lowest BCUT2D eigenvalue weighted by molar-refractivity contribution is -0.108. The molecule has 0 amide bonds. The lowest BCUT2D eigenvalue weighted by Crippen LogP contribution is -2.12. The fourth-order valence-electron chi connectivity index (χ4n) is 2.24. The predicted molar refractivity (Wildman–Crippen MR) is 73.5 cm³/mol. The molecule has 7 nitrogen and oxygen atoms in total. The van der Waals surface area contributed by atoms with Crippen LogP contribution in [0.25, 0.3) is 11.0 Å². The Morgan fingerprint density at radius 3 is 2.89 bits per heavy atom. The first-order valence-corrected chi connectivity index (χ1v) is 5.95. The molecule has 0 aliphatic rings. The quantitative estimate of drug-likeness (QED) is 0.648. The van der Waals surface area contributed by atoms with Crippen molar-refractivity contribution in [1.82, 2.24) is 9.13 Å². The summed E-state index contributed by atoms with van der Waals surface area (Å²) in [6.07, 6.45) is 0.812. The number of aryl methyl sites for hydroxylation is 1. The second-order valence-corrected chi connectivity index (χ2v) is 4.17. The molecule has 0 aromatic carbocycles. The minimum atomic E-state index is -0.00604. The molecule has 104 valence electrons. The van der Waals surface area contributed by atoms with Gasteiger partial charge in [-0.15, -0.1) is 0 Å². The second kappa shape index (κ2) is 5.23. The van der Waals surface area contributed by atoms with E-state index in [0.717, 1.165) is 17.3 Å². The number of carbonyl (C=O) groups is 1. The first-order chi connectivity index (χ1) is 9.15. The number of anilines is 2. The number of carbonyl (C=O) groups excluding carboxylic acids is 1. The van der Waals surface area contributed by atoms with Crippen LogP contribution in [0.15, 0.2) is 6.07 Å². The van der Waals surface area contributed by atoms with E-state index in [9.17, 15) is 4.79 Å². The lowest BCUT2D eigenvalue weighted by Gasteiger charge is -2.11. The normalized spacial score (nSPS) is 10.9. The number of aromatic nitrogens is 2. The Hall–Kier alpha value is -2.15. The number of aliphatic hydroxyl groups excluding tert-OH is 1. The van der Waals surface area contributed by atoms with E-state index in [1.807, 2.05) is 7.05 Å². The monoisotopic (exact) mass is 266 g/mol. The second-order valence-electron chi connectivity index (χ2n) is 4.17. The third kappa shape index (κ3) is 2.01. The Morgan fingerprint density at radius 1 is 1.58 bits per heavy atom. The average Bonchev–Trinajstić information content (AvgIpc) is 2.84. The maximum absolute atomic E-state index is 10.9. The van der Waals surface area contributed by atoms with Crippen molar-refractivity contribution >= 4 is 29.0 Å². The van der Waals surface area contributed by atoms with Gasteiger partial charge in [0.25, 0.3) is 0 Å². The van der Waals surface area contributed by atoms with Gasteiger partial charge < -0.3 is 34.8 Å². The lowest BCUT2D eigenvalue weighted by atomic mass is 10.4. The number of nitrogens with two attached hydrogens (primary N) is 1. The van der Waals surface area contributed by atoms with Gasteiger partial charge in [0.2, 0.25) is 0 Å². The average molecular weight is 266 g/mol. The number of nitrogens with zero attached hydrogens (tertiary/aromatic N) is 2. The maximum Gasteiger partial charge on any atom is 0.185 e. The number of ether oxygens (including phenoxy) is 1. The first kappa shape index (κ1) is 13.3. The predicted octanol–water partition coefficient (Wildman–Crippen LogP) is 0.174. The summed E-state index contributed by atoms with van der Waals surface area (Å²) in [6.45, 7) is 0.562. The molecule has 7 heteroatoms. The highest BCUT2D eigenvalue weighted by Gasteiger charge is 2.21. The highest BCUT2D eigenvalue weighted by molar-refractivity contribution is 5.94. The molecule has 0 saturated carbocycles. The van der Waals surface area contributed by atoms with Gasteiger partial charge in [-0.1, -0.05) is 0 Å². The third-order valence-corrected chi connectivity index (χ3v) is 3.11. The Balaban J connectivity index is 2.68. The van der Waals surface area contributed by atoms with E-state index >= 15 is 0 Å². The molecule has 0 spiro atoms. The number of methoxy groups -OCH3 is 1. The van der Waals surface area contributed by atoms with Gasteiger partial charge in [0.1, 0.15) is 17.6 Å². The van der Waals surface area contributed by atoms with Crippen LogP contribution in [-0.2, 0) is 18.4 Å².